The molecule has 1 aliphatic carbocycles. The van der Waals surface area contributed by atoms with E-state index in [1.54, 1.807) is 0 Å². The Morgan fingerprint density at radius 2 is 1.06 bits per heavy atom. The second-order valence-electron chi connectivity index (χ2n) is 5.12. The van der Waals surface area contributed by atoms with E-state index in [0.29, 0.717) is 5.76 Å². The molecule has 0 aromatic rings. The lowest BCUT2D eigenvalue weighted by molar-refractivity contribution is 0.377. The lowest BCUT2D eigenvalue weighted by Crippen LogP contribution is -1.84. The number of allylic oxidation sites excluding steroid dienone is 2. The first-order valence-corrected chi connectivity index (χ1v) is 7.27. The van der Waals surface area contributed by atoms with Gasteiger partial charge in [-0.3, -0.25) is 0 Å². The molecule has 0 bridgehead atoms. The van der Waals surface area contributed by atoms with Crippen molar-refractivity contribution in [2.75, 3.05) is 0 Å². The summed E-state index contributed by atoms with van der Waals surface area (Å²) in [6.45, 7) is 0. The monoisotopic (exact) mass is 224 g/mol. The number of aliphatic hydroxyl groups excluding tert-OH is 1. The van der Waals surface area contributed by atoms with Gasteiger partial charge in [-0.05, 0) is 25.3 Å². The van der Waals surface area contributed by atoms with Crippen LogP contribution in [0.1, 0.15) is 83.5 Å². The molecule has 1 heteroatoms. The summed E-state index contributed by atoms with van der Waals surface area (Å²) in [6, 6.07) is 0. The van der Waals surface area contributed by atoms with Gasteiger partial charge in [0.1, 0.15) is 0 Å². The number of hydrogen-bond acceptors (Lipinski definition) is 1. The molecule has 0 spiro atoms. The van der Waals surface area contributed by atoms with Crippen LogP contribution in [0.2, 0.25) is 0 Å². The van der Waals surface area contributed by atoms with Crippen LogP contribution in [0.5, 0.6) is 0 Å². The fraction of sp³-hybridized carbons (Fsp3) is 0.867. The molecule has 0 amide bonds. The van der Waals surface area contributed by atoms with Gasteiger partial charge in [0.2, 0.25) is 0 Å². The second-order valence-corrected chi connectivity index (χ2v) is 5.12. The Hall–Kier alpha value is -0.460. The zero-order valence-corrected chi connectivity index (χ0v) is 10.7. The van der Waals surface area contributed by atoms with E-state index in [1.165, 1.54) is 70.6 Å². The summed E-state index contributed by atoms with van der Waals surface area (Å²) < 4.78 is 0. The molecule has 1 N–H and O–H groups in total. The average Bonchev–Trinajstić information content (AvgIpc) is 2.29. The third-order valence-corrected chi connectivity index (χ3v) is 3.52. The Kier molecular flexibility index (Phi) is 8.28. The summed E-state index contributed by atoms with van der Waals surface area (Å²) in [5.41, 5.74) is 0. The molecule has 0 saturated carbocycles. The van der Waals surface area contributed by atoms with E-state index >= 15 is 0 Å². The van der Waals surface area contributed by atoms with Crippen molar-refractivity contribution in [1.82, 2.24) is 0 Å². The fourth-order valence-electron chi connectivity index (χ4n) is 2.41. The first-order valence-electron chi connectivity index (χ1n) is 7.27. The number of aliphatic hydroxyl groups is 1. The van der Waals surface area contributed by atoms with E-state index in [1.807, 2.05) is 6.08 Å². The van der Waals surface area contributed by atoms with Gasteiger partial charge in [-0.15, -0.1) is 0 Å². The van der Waals surface area contributed by atoms with E-state index in [4.69, 9.17) is 0 Å². The molecule has 0 heterocycles. The molecule has 16 heavy (non-hydrogen) atoms. The molecular weight excluding hydrogens is 196 g/mol. The van der Waals surface area contributed by atoms with Gasteiger partial charge in [0.25, 0.3) is 0 Å². The molecule has 0 atom stereocenters. The smallest absolute Gasteiger partial charge is 0.0882 e. The quantitative estimate of drug-likeness (QED) is 0.575. The highest BCUT2D eigenvalue weighted by atomic mass is 16.3. The van der Waals surface area contributed by atoms with Gasteiger partial charge in [-0.1, -0.05) is 57.8 Å². The van der Waals surface area contributed by atoms with Gasteiger partial charge in [-0.25, -0.2) is 0 Å². The molecule has 1 nitrogen and oxygen atoms in total. The number of hydrogen-bond donors (Lipinski definition) is 1. The Balaban J connectivity index is 2.19. The molecular formula is C15H28O. The van der Waals surface area contributed by atoms with Crippen LogP contribution in [0.25, 0.3) is 0 Å². The van der Waals surface area contributed by atoms with Gasteiger partial charge in [0.15, 0.2) is 0 Å². The van der Waals surface area contributed by atoms with Gasteiger partial charge in [0.05, 0.1) is 5.76 Å². The first kappa shape index (κ1) is 13.6. The molecule has 0 unspecified atom stereocenters. The van der Waals surface area contributed by atoms with Gasteiger partial charge in [0, 0.05) is 6.42 Å². The molecule has 1 aliphatic rings. The SMILES string of the molecule is OC1=CCCCCCCCCCCCCC1. The normalized spacial score (nSPS) is 22.9. The van der Waals surface area contributed by atoms with Crippen molar-refractivity contribution in [1.29, 1.82) is 0 Å². The van der Waals surface area contributed by atoms with Crippen molar-refractivity contribution in [2.45, 2.75) is 83.5 Å². The fourth-order valence-corrected chi connectivity index (χ4v) is 2.41. The Morgan fingerprint density at radius 1 is 0.625 bits per heavy atom. The maximum Gasteiger partial charge on any atom is 0.0882 e. The lowest BCUT2D eigenvalue weighted by atomic mass is 10.1. The van der Waals surface area contributed by atoms with Crippen molar-refractivity contribution >= 4 is 0 Å². The van der Waals surface area contributed by atoms with Crippen LogP contribution < -0.4 is 0 Å². The second kappa shape index (κ2) is 9.74. The van der Waals surface area contributed by atoms with Crippen LogP contribution in [-0.2, 0) is 0 Å². The van der Waals surface area contributed by atoms with Crippen LogP contribution in [-0.4, -0.2) is 5.11 Å². The summed E-state index contributed by atoms with van der Waals surface area (Å²) >= 11 is 0. The highest BCUT2D eigenvalue weighted by Crippen LogP contribution is 2.15. The average molecular weight is 224 g/mol. The van der Waals surface area contributed by atoms with E-state index in [9.17, 15) is 5.11 Å². The molecule has 0 aromatic heterocycles. The zero-order valence-electron chi connectivity index (χ0n) is 10.7. The molecule has 0 saturated heterocycles. The molecule has 1 rings (SSSR count). The summed E-state index contributed by atoms with van der Waals surface area (Å²) in [5.74, 6) is 0.634. The highest BCUT2D eigenvalue weighted by molar-refractivity contribution is 4.90. The van der Waals surface area contributed by atoms with Crippen molar-refractivity contribution in [3.8, 4) is 0 Å². The third kappa shape index (κ3) is 7.78. The van der Waals surface area contributed by atoms with Gasteiger partial charge < -0.3 is 5.11 Å². The summed E-state index contributed by atoms with van der Waals surface area (Å²) in [7, 11) is 0. The maximum atomic E-state index is 9.64. The lowest BCUT2D eigenvalue weighted by Gasteiger charge is -2.01. The van der Waals surface area contributed by atoms with Gasteiger partial charge in [-0.2, -0.15) is 0 Å². The zero-order chi connectivity index (χ0) is 11.5. The summed E-state index contributed by atoms with van der Waals surface area (Å²) in [4.78, 5) is 0. The summed E-state index contributed by atoms with van der Waals surface area (Å²) in [6.07, 6.45) is 18.9. The standard InChI is InChI=1S/C15H28O/c16-15-13-11-9-7-5-3-1-2-4-6-8-10-12-14-15/h13,16H,1-12,14H2. The Bertz CT molecular complexity index is 184. The molecule has 0 fully saturated rings. The number of rotatable bonds is 0. The van der Waals surface area contributed by atoms with Crippen molar-refractivity contribution < 1.29 is 5.11 Å². The largest absolute Gasteiger partial charge is 0.513 e. The van der Waals surface area contributed by atoms with E-state index < -0.39 is 0 Å². The molecule has 94 valence electrons. The first-order chi connectivity index (χ1) is 7.89. The minimum Gasteiger partial charge on any atom is -0.513 e. The molecule has 0 aromatic carbocycles. The molecule has 0 aliphatic heterocycles. The van der Waals surface area contributed by atoms with Gasteiger partial charge >= 0.3 is 0 Å². The van der Waals surface area contributed by atoms with Crippen LogP contribution in [0.15, 0.2) is 11.8 Å². The van der Waals surface area contributed by atoms with E-state index in [2.05, 4.69) is 0 Å². The van der Waals surface area contributed by atoms with Crippen LogP contribution in [0, 0.1) is 0 Å². The minimum atomic E-state index is 0.634. The highest BCUT2D eigenvalue weighted by Gasteiger charge is 1.97. The maximum absolute atomic E-state index is 9.64. The van der Waals surface area contributed by atoms with Crippen LogP contribution in [0.3, 0.4) is 0 Å². The summed E-state index contributed by atoms with van der Waals surface area (Å²) in [5, 5.41) is 9.64. The van der Waals surface area contributed by atoms with Crippen LogP contribution in [0.4, 0.5) is 0 Å². The van der Waals surface area contributed by atoms with E-state index in [0.717, 1.165) is 12.8 Å². The van der Waals surface area contributed by atoms with Crippen molar-refractivity contribution in [3.63, 3.8) is 0 Å². The topological polar surface area (TPSA) is 20.2 Å². The molecule has 0 radical (unpaired) electrons. The predicted molar refractivity (Wildman–Crippen MR) is 70.7 cm³/mol. The van der Waals surface area contributed by atoms with Crippen molar-refractivity contribution in [2.24, 2.45) is 0 Å². The van der Waals surface area contributed by atoms with Crippen LogP contribution >= 0.6 is 0 Å². The Labute approximate surface area is 101 Å². The van der Waals surface area contributed by atoms with Crippen molar-refractivity contribution in [3.05, 3.63) is 11.8 Å². The minimum absolute atomic E-state index is 0.634. The Morgan fingerprint density at radius 3 is 1.62 bits per heavy atom. The van der Waals surface area contributed by atoms with E-state index in [-0.39, 0.29) is 0 Å². The predicted octanol–water partition coefficient (Wildman–Crippen LogP) is 5.51. The third-order valence-electron chi connectivity index (χ3n) is 3.52.